The molecular weight excluding hydrogens is 386 g/mol. The minimum absolute atomic E-state index is 0.166. The maximum Gasteiger partial charge on any atom is 0.242 e. The van der Waals surface area contributed by atoms with Gasteiger partial charge in [0.05, 0.1) is 5.69 Å². The Labute approximate surface area is 161 Å². The van der Waals surface area contributed by atoms with Crippen molar-refractivity contribution in [2.75, 3.05) is 6.79 Å². The maximum absolute atomic E-state index is 12.9. The minimum Gasteiger partial charge on any atom is -0.454 e. The van der Waals surface area contributed by atoms with Gasteiger partial charge in [-0.15, -0.1) is 11.3 Å². The van der Waals surface area contributed by atoms with Gasteiger partial charge in [-0.2, -0.15) is 0 Å². The van der Waals surface area contributed by atoms with Crippen LogP contribution >= 0.6 is 11.3 Å². The Morgan fingerprint density at radius 1 is 1.22 bits per heavy atom. The van der Waals surface area contributed by atoms with Gasteiger partial charge in [0.15, 0.2) is 11.5 Å². The summed E-state index contributed by atoms with van der Waals surface area (Å²) in [7, 11) is -1.83. The third-order valence-corrected chi connectivity index (χ3v) is 7.02. The fraction of sp³-hybridized carbons (Fsp3) is 0.278. The second-order valence-electron chi connectivity index (χ2n) is 6.34. The number of ether oxygens (including phenoxy) is 2. The van der Waals surface area contributed by atoms with E-state index in [4.69, 9.17) is 9.47 Å². The van der Waals surface area contributed by atoms with Crippen LogP contribution in [0.1, 0.15) is 17.0 Å². The fourth-order valence-electron chi connectivity index (χ4n) is 2.93. The molecule has 1 aromatic carbocycles. The molecule has 0 aliphatic carbocycles. The van der Waals surface area contributed by atoms with Gasteiger partial charge in [-0.3, -0.25) is 0 Å². The molecule has 0 saturated carbocycles. The molecule has 3 aromatic rings. The van der Waals surface area contributed by atoms with Gasteiger partial charge in [0.1, 0.15) is 9.90 Å². The van der Waals surface area contributed by atoms with Crippen LogP contribution in [0, 0.1) is 13.8 Å². The Morgan fingerprint density at radius 3 is 2.74 bits per heavy atom. The van der Waals surface area contributed by atoms with Crippen LogP contribution in [0.15, 0.2) is 34.5 Å². The van der Waals surface area contributed by atoms with Crippen molar-refractivity contribution in [3.8, 4) is 22.2 Å². The van der Waals surface area contributed by atoms with E-state index in [1.54, 1.807) is 25.1 Å². The van der Waals surface area contributed by atoms with E-state index in [1.807, 2.05) is 30.0 Å². The Bertz CT molecular complexity index is 1120. The van der Waals surface area contributed by atoms with Crippen LogP contribution in [-0.2, 0) is 23.6 Å². The topological polar surface area (TPSA) is 82.5 Å². The first-order valence-corrected chi connectivity index (χ1v) is 10.7. The highest BCUT2D eigenvalue weighted by Gasteiger charge is 2.23. The van der Waals surface area contributed by atoms with Crippen molar-refractivity contribution in [3.63, 3.8) is 0 Å². The largest absolute Gasteiger partial charge is 0.454 e. The zero-order chi connectivity index (χ0) is 19.2. The van der Waals surface area contributed by atoms with Crippen molar-refractivity contribution in [1.82, 2.24) is 14.3 Å². The van der Waals surface area contributed by atoms with Crippen LogP contribution in [0.4, 0.5) is 0 Å². The number of benzene rings is 1. The molecule has 0 amide bonds. The molecule has 142 valence electrons. The quantitative estimate of drug-likeness (QED) is 0.706. The van der Waals surface area contributed by atoms with E-state index >= 15 is 0 Å². The first kappa shape index (κ1) is 18.0. The first-order valence-electron chi connectivity index (χ1n) is 8.32. The molecule has 0 spiro atoms. The van der Waals surface area contributed by atoms with E-state index in [1.165, 1.54) is 11.3 Å². The average Bonchev–Trinajstić information content (AvgIpc) is 3.33. The van der Waals surface area contributed by atoms with Crippen LogP contribution in [0.2, 0.25) is 0 Å². The monoisotopic (exact) mass is 405 g/mol. The summed E-state index contributed by atoms with van der Waals surface area (Å²) in [5.74, 6) is 1.30. The zero-order valence-electron chi connectivity index (χ0n) is 15.1. The van der Waals surface area contributed by atoms with E-state index in [0.29, 0.717) is 17.2 Å². The van der Waals surface area contributed by atoms with Crippen LogP contribution in [-0.4, -0.2) is 24.8 Å². The van der Waals surface area contributed by atoms with Gasteiger partial charge in [-0.1, -0.05) is 6.07 Å². The number of hydrogen-bond donors (Lipinski definition) is 1. The SMILES string of the molecule is Cc1csc(-c2cc(S(=O)(=O)NCc3ccc4c(c3)OCO4)c(C)n2C)n1. The van der Waals surface area contributed by atoms with Crippen LogP contribution < -0.4 is 14.2 Å². The molecule has 1 aliphatic heterocycles. The molecule has 4 rings (SSSR count). The second kappa shape index (κ2) is 6.66. The summed E-state index contributed by atoms with van der Waals surface area (Å²) in [4.78, 5) is 4.72. The predicted molar refractivity (Wildman–Crippen MR) is 103 cm³/mol. The summed E-state index contributed by atoms with van der Waals surface area (Å²) < 4.78 is 40.9. The van der Waals surface area contributed by atoms with Gasteiger partial charge in [0.2, 0.25) is 16.8 Å². The number of nitrogens with one attached hydrogen (secondary N) is 1. The zero-order valence-corrected chi connectivity index (χ0v) is 16.8. The van der Waals surface area contributed by atoms with Crippen molar-refractivity contribution in [2.24, 2.45) is 7.05 Å². The lowest BCUT2D eigenvalue weighted by molar-refractivity contribution is 0.174. The molecule has 0 atom stereocenters. The van der Waals surface area contributed by atoms with Crippen LogP contribution in [0.25, 0.3) is 10.7 Å². The Hall–Kier alpha value is -2.36. The van der Waals surface area contributed by atoms with E-state index in [9.17, 15) is 8.42 Å². The lowest BCUT2D eigenvalue weighted by Gasteiger charge is -2.08. The van der Waals surface area contributed by atoms with Crippen molar-refractivity contribution >= 4 is 21.4 Å². The summed E-state index contributed by atoms with van der Waals surface area (Å²) >= 11 is 1.50. The van der Waals surface area contributed by atoms with E-state index in [-0.39, 0.29) is 18.2 Å². The summed E-state index contributed by atoms with van der Waals surface area (Å²) in [5, 5.41) is 2.75. The van der Waals surface area contributed by atoms with Crippen molar-refractivity contribution < 1.29 is 17.9 Å². The van der Waals surface area contributed by atoms with Crippen molar-refractivity contribution in [1.29, 1.82) is 0 Å². The summed E-state index contributed by atoms with van der Waals surface area (Å²) in [5.41, 5.74) is 3.16. The number of rotatable bonds is 5. The molecule has 0 radical (unpaired) electrons. The smallest absolute Gasteiger partial charge is 0.242 e. The van der Waals surface area contributed by atoms with E-state index in [0.717, 1.165) is 22.0 Å². The van der Waals surface area contributed by atoms with Gasteiger partial charge in [-0.05, 0) is 37.6 Å². The van der Waals surface area contributed by atoms with Crippen LogP contribution in [0.5, 0.6) is 11.5 Å². The number of thiazole rings is 1. The molecule has 27 heavy (non-hydrogen) atoms. The number of aromatic nitrogens is 2. The molecule has 9 heteroatoms. The third kappa shape index (κ3) is 3.33. The van der Waals surface area contributed by atoms with Crippen LogP contribution in [0.3, 0.4) is 0 Å². The highest BCUT2D eigenvalue weighted by Crippen LogP contribution is 2.33. The molecule has 1 aliphatic rings. The summed E-state index contributed by atoms with van der Waals surface area (Å²) in [6.07, 6.45) is 0. The van der Waals surface area contributed by atoms with Crippen molar-refractivity contribution in [3.05, 3.63) is 46.6 Å². The molecule has 7 nitrogen and oxygen atoms in total. The Kier molecular flexibility index (Phi) is 4.45. The molecule has 0 fully saturated rings. The highest BCUT2D eigenvalue weighted by atomic mass is 32.2. The summed E-state index contributed by atoms with van der Waals surface area (Å²) in [6, 6.07) is 7.06. The maximum atomic E-state index is 12.9. The molecule has 0 unspecified atom stereocenters. The summed E-state index contributed by atoms with van der Waals surface area (Å²) in [6.45, 7) is 4.06. The number of sulfonamides is 1. The minimum atomic E-state index is -3.67. The first-order chi connectivity index (χ1) is 12.8. The lowest BCUT2D eigenvalue weighted by atomic mass is 10.2. The number of fused-ring (bicyclic) bond motifs is 1. The molecule has 3 heterocycles. The molecule has 0 saturated heterocycles. The second-order valence-corrected chi connectivity index (χ2v) is 8.94. The number of aryl methyl sites for hydroxylation is 1. The third-order valence-electron chi connectivity index (χ3n) is 4.52. The van der Waals surface area contributed by atoms with Gasteiger partial charge >= 0.3 is 0 Å². The van der Waals surface area contributed by atoms with E-state index < -0.39 is 10.0 Å². The molecule has 1 N–H and O–H groups in total. The highest BCUT2D eigenvalue weighted by molar-refractivity contribution is 7.89. The average molecular weight is 406 g/mol. The lowest BCUT2D eigenvalue weighted by Crippen LogP contribution is -2.23. The number of hydrogen-bond acceptors (Lipinski definition) is 6. The standard InChI is InChI=1S/C18H19N3O4S2/c1-11-9-26-18(20-11)14-7-17(12(2)21(14)3)27(22,23)19-8-13-4-5-15-16(6-13)25-10-24-15/h4-7,9,19H,8,10H2,1-3H3. The van der Waals surface area contributed by atoms with E-state index in [2.05, 4.69) is 9.71 Å². The predicted octanol–water partition coefficient (Wildman–Crippen LogP) is 2.97. The molecular formula is C18H19N3O4S2. The van der Waals surface area contributed by atoms with Gasteiger partial charge in [-0.25, -0.2) is 18.1 Å². The Balaban J connectivity index is 1.59. The van der Waals surface area contributed by atoms with Crippen molar-refractivity contribution in [2.45, 2.75) is 25.3 Å². The normalized spacial score (nSPS) is 13.3. The fourth-order valence-corrected chi connectivity index (χ4v) is 5.08. The van der Waals surface area contributed by atoms with Gasteiger partial charge < -0.3 is 14.0 Å². The number of nitrogens with zero attached hydrogens (tertiary/aromatic N) is 2. The van der Waals surface area contributed by atoms with Gasteiger partial charge in [0.25, 0.3) is 0 Å². The Morgan fingerprint density at radius 2 is 2.00 bits per heavy atom. The molecule has 0 bridgehead atoms. The molecule has 2 aromatic heterocycles. The van der Waals surface area contributed by atoms with Gasteiger partial charge in [0, 0.05) is 30.4 Å².